The quantitative estimate of drug-likeness (QED) is 0.662. The van der Waals surface area contributed by atoms with Gasteiger partial charge in [0.1, 0.15) is 6.04 Å². The molecule has 0 spiro atoms. The maximum absolute atomic E-state index is 12.2. The summed E-state index contributed by atoms with van der Waals surface area (Å²) in [5.74, 6) is -1.06. The summed E-state index contributed by atoms with van der Waals surface area (Å²) in [6.07, 6.45) is 4.23. The zero-order chi connectivity index (χ0) is 15.1. The van der Waals surface area contributed by atoms with E-state index in [0.29, 0.717) is 0 Å². The second kappa shape index (κ2) is 8.09. The Hall–Kier alpha value is -1.30. The summed E-state index contributed by atoms with van der Waals surface area (Å²) in [5, 5.41) is 21.6. The van der Waals surface area contributed by atoms with Crippen molar-refractivity contribution in [3.63, 3.8) is 0 Å². The van der Waals surface area contributed by atoms with E-state index in [0.717, 1.165) is 32.1 Å². The van der Waals surface area contributed by atoms with Gasteiger partial charge in [-0.05, 0) is 12.8 Å². The van der Waals surface area contributed by atoms with E-state index in [4.69, 9.17) is 5.11 Å². The van der Waals surface area contributed by atoms with Crippen molar-refractivity contribution >= 4 is 12.0 Å². The van der Waals surface area contributed by atoms with Gasteiger partial charge in [0.05, 0.1) is 6.10 Å². The number of hydrogen-bond acceptors (Lipinski definition) is 3. The van der Waals surface area contributed by atoms with Gasteiger partial charge in [-0.1, -0.05) is 33.1 Å². The van der Waals surface area contributed by atoms with Gasteiger partial charge in [-0.25, -0.2) is 9.59 Å². The van der Waals surface area contributed by atoms with Crippen LogP contribution < -0.4 is 5.32 Å². The maximum Gasteiger partial charge on any atom is 0.326 e. The molecule has 0 aliphatic carbocycles. The van der Waals surface area contributed by atoms with Crippen LogP contribution in [0.1, 0.15) is 52.4 Å². The van der Waals surface area contributed by atoms with Gasteiger partial charge in [-0.2, -0.15) is 0 Å². The van der Waals surface area contributed by atoms with Crippen molar-refractivity contribution in [3.8, 4) is 0 Å². The van der Waals surface area contributed by atoms with Crippen LogP contribution in [-0.2, 0) is 4.79 Å². The number of nitrogens with one attached hydrogen (secondary N) is 1. The van der Waals surface area contributed by atoms with Crippen molar-refractivity contribution in [3.05, 3.63) is 0 Å². The molecule has 1 aliphatic heterocycles. The van der Waals surface area contributed by atoms with E-state index < -0.39 is 18.1 Å². The van der Waals surface area contributed by atoms with Gasteiger partial charge in [0.15, 0.2) is 0 Å². The molecule has 0 bridgehead atoms. The van der Waals surface area contributed by atoms with Crippen LogP contribution in [0.2, 0.25) is 0 Å². The summed E-state index contributed by atoms with van der Waals surface area (Å²) in [4.78, 5) is 24.5. The Morgan fingerprint density at radius 2 is 2.00 bits per heavy atom. The molecule has 116 valence electrons. The summed E-state index contributed by atoms with van der Waals surface area (Å²) in [6.45, 7) is 4.25. The van der Waals surface area contributed by atoms with Crippen molar-refractivity contribution in [2.45, 2.75) is 70.6 Å². The molecule has 0 aromatic heterocycles. The van der Waals surface area contributed by atoms with E-state index in [-0.39, 0.29) is 25.0 Å². The normalized spacial score (nSPS) is 23.6. The Kier molecular flexibility index (Phi) is 6.78. The van der Waals surface area contributed by atoms with E-state index in [2.05, 4.69) is 19.2 Å². The second-order valence-corrected chi connectivity index (χ2v) is 5.47. The van der Waals surface area contributed by atoms with Crippen LogP contribution in [0.25, 0.3) is 0 Å². The number of aliphatic carboxylic acids is 1. The zero-order valence-corrected chi connectivity index (χ0v) is 12.3. The number of likely N-dealkylation sites (tertiary alicyclic amines) is 1. The summed E-state index contributed by atoms with van der Waals surface area (Å²) in [6, 6.07) is -1.21. The third-order valence-corrected chi connectivity index (χ3v) is 3.70. The third-order valence-electron chi connectivity index (χ3n) is 3.70. The molecule has 0 radical (unpaired) electrons. The van der Waals surface area contributed by atoms with Gasteiger partial charge in [0, 0.05) is 19.0 Å². The highest BCUT2D eigenvalue weighted by Gasteiger charge is 2.39. The van der Waals surface area contributed by atoms with Crippen LogP contribution in [0.4, 0.5) is 4.79 Å². The maximum atomic E-state index is 12.2. The van der Waals surface area contributed by atoms with E-state index in [1.54, 1.807) is 0 Å². The van der Waals surface area contributed by atoms with Crippen molar-refractivity contribution in [2.24, 2.45) is 0 Å². The lowest BCUT2D eigenvalue weighted by Gasteiger charge is -2.25. The number of urea groups is 1. The van der Waals surface area contributed by atoms with Crippen molar-refractivity contribution in [1.29, 1.82) is 0 Å². The number of rotatable bonds is 7. The van der Waals surface area contributed by atoms with E-state index in [9.17, 15) is 14.7 Å². The predicted molar refractivity (Wildman–Crippen MR) is 75.5 cm³/mol. The predicted octanol–water partition coefficient (Wildman–Crippen LogP) is 1.57. The van der Waals surface area contributed by atoms with E-state index in [1.165, 1.54) is 4.90 Å². The van der Waals surface area contributed by atoms with Crippen LogP contribution in [0, 0.1) is 0 Å². The minimum absolute atomic E-state index is 0.0830. The van der Waals surface area contributed by atoms with Crippen LogP contribution in [0.15, 0.2) is 0 Å². The smallest absolute Gasteiger partial charge is 0.326 e. The highest BCUT2D eigenvalue weighted by Crippen LogP contribution is 2.19. The summed E-state index contributed by atoms with van der Waals surface area (Å²) < 4.78 is 0. The molecule has 3 atom stereocenters. The molecule has 1 fully saturated rings. The lowest BCUT2D eigenvalue weighted by molar-refractivity contribution is -0.141. The fraction of sp³-hybridized carbons (Fsp3) is 0.857. The highest BCUT2D eigenvalue weighted by atomic mass is 16.4. The van der Waals surface area contributed by atoms with Gasteiger partial charge < -0.3 is 20.4 Å². The number of aliphatic hydroxyl groups is 1. The molecule has 0 aromatic carbocycles. The van der Waals surface area contributed by atoms with Crippen LogP contribution in [-0.4, -0.2) is 51.8 Å². The van der Waals surface area contributed by atoms with Crippen LogP contribution >= 0.6 is 0 Å². The fourth-order valence-corrected chi connectivity index (χ4v) is 2.62. The average Bonchev–Trinajstić information content (AvgIpc) is 2.78. The topological polar surface area (TPSA) is 89.9 Å². The number of hydrogen-bond donors (Lipinski definition) is 3. The van der Waals surface area contributed by atoms with Gasteiger partial charge in [0.2, 0.25) is 0 Å². The lowest BCUT2D eigenvalue weighted by atomic mass is 10.1. The number of carboxylic acid groups (broad SMARTS) is 1. The molecule has 1 heterocycles. The molecule has 1 rings (SSSR count). The molecule has 0 saturated carbocycles. The molecule has 3 N–H and O–H groups in total. The Morgan fingerprint density at radius 3 is 2.55 bits per heavy atom. The number of carboxylic acids is 1. The van der Waals surface area contributed by atoms with Gasteiger partial charge in [0.25, 0.3) is 0 Å². The van der Waals surface area contributed by atoms with Crippen LogP contribution in [0.3, 0.4) is 0 Å². The Balaban J connectivity index is 2.60. The summed E-state index contributed by atoms with van der Waals surface area (Å²) in [7, 11) is 0. The van der Waals surface area contributed by atoms with Gasteiger partial charge in [-0.15, -0.1) is 0 Å². The van der Waals surface area contributed by atoms with E-state index >= 15 is 0 Å². The lowest BCUT2D eigenvalue weighted by Crippen LogP contribution is -2.49. The molecule has 20 heavy (non-hydrogen) atoms. The monoisotopic (exact) mass is 286 g/mol. The number of amides is 2. The first-order chi connectivity index (χ1) is 9.49. The molecule has 6 heteroatoms. The molecular weight excluding hydrogens is 260 g/mol. The van der Waals surface area contributed by atoms with Crippen molar-refractivity contribution in [2.75, 3.05) is 6.54 Å². The van der Waals surface area contributed by atoms with Crippen LogP contribution in [0.5, 0.6) is 0 Å². The van der Waals surface area contributed by atoms with Gasteiger partial charge in [-0.3, -0.25) is 0 Å². The highest BCUT2D eigenvalue weighted by molar-refractivity contribution is 5.83. The summed E-state index contributed by atoms with van der Waals surface area (Å²) in [5.41, 5.74) is 0. The number of unbranched alkanes of at least 4 members (excludes halogenated alkanes) is 1. The minimum atomic E-state index is -1.06. The second-order valence-electron chi connectivity index (χ2n) is 5.47. The molecular formula is C14H26N2O4. The molecule has 0 aromatic rings. The molecule has 1 aliphatic rings. The first-order valence-corrected chi connectivity index (χ1v) is 7.47. The average molecular weight is 286 g/mol. The Morgan fingerprint density at radius 1 is 1.30 bits per heavy atom. The fourth-order valence-electron chi connectivity index (χ4n) is 2.62. The first kappa shape index (κ1) is 16.8. The number of β-amino-alcohol motifs (C(OH)–C–C–N with tert-alkyl or cyclic N) is 1. The number of aliphatic hydroxyl groups excluding tert-OH is 1. The van der Waals surface area contributed by atoms with E-state index in [1.807, 2.05) is 0 Å². The first-order valence-electron chi connectivity index (χ1n) is 7.47. The van der Waals surface area contributed by atoms with Crippen molar-refractivity contribution in [1.82, 2.24) is 10.2 Å². The minimum Gasteiger partial charge on any atom is -0.480 e. The Bertz CT molecular complexity index is 335. The molecule has 2 amide bonds. The third kappa shape index (κ3) is 4.67. The largest absolute Gasteiger partial charge is 0.480 e. The summed E-state index contributed by atoms with van der Waals surface area (Å²) >= 11 is 0. The molecule has 1 saturated heterocycles. The van der Waals surface area contributed by atoms with Crippen molar-refractivity contribution < 1.29 is 19.8 Å². The standard InChI is InChI=1S/C14H26N2O4/c1-3-5-7-10(6-4-2)15-14(20)16-9-11(17)8-12(16)13(18)19/h10-12,17H,3-9H2,1-2H3,(H,15,20)(H,18,19)/t10?,11?,12-/m0/s1. The number of nitrogens with zero attached hydrogens (tertiary/aromatic N) is 1. The van der Waals surface area contributed by atoms with Gasteiger partial charge >= 0.3 is 12.0 Å². The molecule has 2 unspecified atom stereocenters. The zero-order valence-electron chi connectivity index (χ0n) is 12.3. The molecule has 6 nitrogen and oxygen atoms in total. The SMILES string of the molecule is CCCCC(CCC)NC(=O)N1CC(O)C[C@H]1C(=O)O. The number of carbonyl (C=O) groups is 2. The Labute approximate surface area is 120 Å². The number of carbonyl (C=O) groups excluding carboxylic acids is 1.